The molecule has 0 radical (unpaired) electrons. The average molecular weight is 212 g/mol. The molecule has 1 unspecified atom stereocenters. The van der Waals surface area contributed by atoms with E-state index in [2.05, 4.69) is 10.6 Å². The molecule has 1 aliphatic carbocycles. The summed E-state index contributed by atoms with van der Waals surface area (Å²) in [5.74, 6) is 0. The smallest absolute Gasteiger partial charge is 0.407 e. The second kappa shape index (κ2) is 3.37. The summed E-state index contributed by atoms with van der Waals surface area (Å²) in [5.41, 5.74) is -0.0598. The Bertz CT molecular complexity index is 261. The second-order valence-electron chi connectivity index (χ2n) is 5.70. The molecule has 1 aliphatic heterocycles. The minimum absolute atomic E-state index is 0.279. The van der Waals surface area contributed by atoms with Gasteiger partial charge in [-0.3, -0.25) is 0 Å². The molecule has 1 spiro atoms. The zero-order chi connectivity index (χ0) is 11.1. The summed E-state index contributed by atoms with van der Waals surface area (Å²) in [5, 5.41) is 6.23. The summed E-state index contributed by atoms with van der Waals surface area (Å²) in [7, 11) is 0. The van der Waals surface area contributed by atoms with Crippen molar-refractivity contribution in [3.05, 3.63) is 0 Å². The van der Waals surface area contributed by atoms with E-state index in [9.17, 15) is 4.79 Å². The highest BCUT2D eigenvalue weighted by atomic mass is 16.6. The van der Waals surface area contributed by atoms with E-state index < -0.39 is 5.60 Å². The molecule has 86 valence electrons. The molecule has 0 aromatic rings. The minimum Gasteiger partial charge on any atom is -0.444 e. The molecule has 2 rings (SSSR count). The fraction of sp³-hybridized carbons (Fsp3) is 0.909. The normalized spacial score (nSPS) is 27.8. The molecule has 1 amide bonds. The van der Waals surface area contributed by atoms with E-state index in [1.54, 1.807) is 0 Å². The lowest BCUT2D eigenvalue weighted by molar-refractivity contribution is -0.00548. The van der Waals surface area contributed by atoms with Crippen LogP contribution in [0, 0.1) is 5.41 Å². The number of carbonyl (C=O) groups excluding carboxylic acids is 1. The molecule has 1 saturated carbocycles. The van der Waals surface area contributed by atoms with E-state index >= 15 is 0 Å². The van der Waals surface area contributed by atoms with Crippen LogP contribution in [0.25, 0.3) is 0 Å². The molecule has 1 saturated heterocycles. The molecular formula is C11H20N2O2. The highest BCUT2D eigenvalue weighted by molar-refractivity contribution is 5.68. The first-order valence-corrected chi connectivity index (χ1v) is 5.62. The van der Waals surface area contributed by atoms with Crippen LogP contribution in [0.4, 0.5) is 4.79 Å². The highest BCUT2D eigenvalue weighted by Crippen LogP contribution is 2.44. The van der Waals surface area contributed by atoms with Crippen molar-refractivity contribution < 1.29 is 9.53 Å². The van der Waals surface area contributed by atoms with Gasteiger partial charge in [-0.2, -0.15) is 0 Å². The molecule has 2 N–H and O–H groups in total. The van der Waals surface area contributed by atoms with Crippen LogP contribution in [0.5, 0.6) is 0 Å². The number of hydrogen-bond donors (Lipinski definition) is 2. The standard InChI is InChI=1S/C11H20N2O2/c1-10(2,3)15-9(14)13-8-4-5-11(8)6-12-7-11/h8,12H,4-7H2,1-3H3,(H,13,14). The van der Waals surface area contributed by atoms with Crippen molar-refractivity contribution >= 4 is 6.09 Å². The van der Waals surface area contributed by atoms with Crippen molar-refractivity contribution in [2.45, 2.75) is 45.3 Å². The van der Waals surface area contributed by atoms with Gasteiger partial charge in [0.1, 0.15) is 5.60 Å². The summed E-state index contributed by atoms with van der Waals surface area (Å²) in [6.07, 6.45) is 2.03. The number of hydrogen-bond acceptors (Lipinski definition) is 3. The van der Waals surface area contributed by atoms with E-state index in [-0.39, 0.29) is 6.09 Å². The Labute approximate surface area is 90.8 Å². The Hall–Kier alpha value is -0.770. The first kappa shape index (κ1) is 10.7. The number of amides is 1. The van der Waals surface area contributed by atoms with E-state index in [1.807, 2.05) is 20.8 Å². The van der Waals surface area contributed by atoms with Gasteiger partial charge in [0.15, 0.2) is 0 Å². The number of nitrogens with one attached hydrogen (secondary N) is 2. The zero-order valence-electron chi connectivity index (χ0n) is 9.72. The van der Waals surface area contributed by atoms with Crippen molar-refractivity contribution in [3.63, 3.8) is 0 Å². The van der Waals surface area contributed by atoms with E-state index in [1.165, 1.54) is 6.42 Å². The first-order valence-electron chi connectivity index (χ1n) is 5.62. The molecule has 2 fully saturated rings. The third-order valence-electron chi connectivity index (χ3n) is 3.32. The maximum atomic E-state index is 11.5. The van der Waals surface area contributed by atoms with Gasteiger partial charge in [-0.15, -0.1) is 0 Å². The van der Waals surface area contributed by atoms with Crippen LogP contribution >= 0.6 is 0 Å². The highest BCUT2D eigenvalue weighted by Gasteiger charge is 2.51. The van der Waals surface area contributed by atoms with Gasteiger partial charge in [-0.25, -0.2) is 4.79 Å². The Morgan fingerprint density at radius 3 is 2.47 bits per heavy atom. The Morgan fingerprint density at radius 1 is 1.47 bits per heavy atom. The molecule has 4 nitrogen and oxygen atoms in total. The lowest BCUT2D eigenvalue weighted by Gasteiger charge is -2.56. The second-order valence-corrected chi connectivity index (χ2v) is 5.70. The van der Waals surface area contributed by atoms with E-state index in [4.69, 9.17) is 4.74 Å². The summed E-state index contributed by atoms with van der Waals surface area (Å²) in [6, 6.07) is 0.314. The van der Waals surface area contributed by atoms with Crippen LogP contribution in [-0.4, -0.2) is 30.8 Å². The minimum atomic E-state index is -0.404. The summed E-state index contributed by atoms with van der Waals surface area (Å²) < 4.78 is 5.24. The van der Waals surface area contributed by atoms with Crippen molar-refractivity contribution in [2.75, 3.05) is 13.1 Å². The van der Waals surface area contributed by atoms with Gasteiger partial charge < -0.3 is 15.4 Å². The van der Waals surface area contributed by atoms with Gasteiger partial charge >= 0.3 is 6.09 Å². The van der Waals surface area contributed by atoms with Crippen LogP contribution in [0.2, 0.25) is 0 Å². The Morgan fingerprint density at radius 2 is 2.13 bits per heavy atom. The predicted octanol–water partition coefficient (Wildman–Crippen LogP) is 1.26. The first-order chi connectivity index (χ1) is 6.91. The SMILES string of the molecule is CC(C)(C)OC(=O)NC1CCC12CNC2. The van der Waals surface area contributed by atoms with Gasteiger partial charge in [0.05, 0.1) is 0 Å². The summed E-state index contributed by atoms with van der Waals surface area (Å²) in [6.45, 7) is 7.72. The molecular weight excluding hydrogens is 192 g/mol. The van der Waals surface area contributed by atoms with Crippen LogP contribution in [-0.2, 0) is 4.74 Å². The molecule has 0 aromatic heterocycles. The third kappa shape index (κ3) is 2.09. The number of rotatable bonds is 1. The quantitative estimate of drug-likeness (QED) is 0.688. The fourth-order valence-electron chi connectivity index (χ4n) is 2.24. The van der Waals surface area contributed by atoms with Crippen LogP contribution in [0.1, 0.15) is 33.6 Å². The van der Waals surface area contributed by atoms with Gasteiger partial charge in [-0.1, -0.05) is 0 Å². The molecule has 4 heteroatoms. The van der Waals surface area contributed by atoms with Crippen molar-refractivity contribution in [2.24, 2.45) is 5.41 Å². The van der Waals surface area contributed by atoms with Crippen molar-refractivity contribution in [1.29, 1.82) is 0 Å². The predicted molar refractivity (Wildman–Crippen MR) is 57.7 cm³/mol. The average Bonchev–Trinajstić information content (AvgIpc) is 1.91. The third-order valence-corrected chi connectivity index (χ3v) is 3.32. The molecule has 1 atom stereocenters. The van der Waals surface area contributed by atoms with Gasteiger partial charge in [-0.05, 0) is 33.6 Å². The Balaban J connectivity index is 1.80. The lowest BCUT2D eigenvalue weighted by Crippen LogP contribution is -2.69. The Kier molecular flexibility index (Phi) is 2.41. The van der Waals surface area contributed by atoms with Crippen LogP contribution in [0.15, 0.2) is 0 Å². The van der Waals surface area contributed by atoms with Gasteiger partial charge in [0, 0.05) is 24.5 Å². The number of carbonyl (C=O) groups is 1. The zero-order valence-corrected chi connectivity index (χ0v) is 9.72. The largest absolute Gasteiger partial charge is 0.444 e. The molecule has 0 bridgehead atoms. The van der Waals surface area contributed by atoms with E-state index in [0.29, 0.717) is 11.5 Å². The maximum absolute atomic E-state index is 11.5. The molecule has 2 aliphatic rings. The monoisotopic (exact) mass is 212 g/mol. The lowest BCUT2D eigenvalue weighted by atomic mass is 9.60. The van der Waals surface area contributed by atoms with E-state index in [0.717, 1.165) is 19.5 Å². The van der Waals surface area contributed by atoms with Crippen molar-refractivity contribution in [1.82, 2.24) is 10.6 Å². The fourth-order valence-corrected chi connectivity index (χ4v) is 2.24. The maximum Gasteiger partial charge on any atom is 0.407 e. The van der Waals surface area contributed by atoms with Gasteiger partial charge in [0.25, 0.3) is 0 Å². The molecule has 15 heavy (non-hydrogen) atoms. The molecule has 1 heterocycles. The molecule has 0 aromatic carbocycles. The number of ether oxygens (including phenoxy) is 1. The summed E-state index contributed by atoms with van der Waals surface area (Å²) >= 11 is 0. The van der Waals surface area contributed by atoms with Crippen LogP contribution < -0.4 is 10.6 Å². The number of alkyl carbamates (subject to hydrolysis) is 1. The topological polar surface area (TPSA) is 50.4 Å². The van der Waals surface area contributed by atoms with Crippen LogP contribution in [0.3, 0.4) is 0 Å². The summed E-state index contributed by atoms with van der Waals surface area (Å²) in [4.78, 5) is 11.5. The van der Waals surface area contributed by atoms with Crippen molar-refractivity contribution in [3.8, 4) is 0 Å². The van der Waals surface area contributed by atoms with Gasteiger partial charge in [0.2, 0.25) is 0 Å².